The number of unbranched alkanes of at least 4 members (excludes halogenated alkanes) is 1. The average Bonchev–Trinajstić information content (AvgIpc) is 2.78. The lowest BCUT2D eigenvalue weighted by molar-refractivity contribution is -0.386. The Balaban J connectivity index is 2.04. The Hall–Kier alpha value is -3.60. The third kappa shape index (κ3) is 5.61. The van der Waals surface area contributed by atoms with E-state index in [1.807, 2.05) is 6.92 Å². The van der Waals surface area contributed by atoms with E-state index in [1.54, 1.807) is 18.2 Å². The molecular weight excluding hydrogens is 496 g/mol. The third-order valence-electron chi connectivity index (χ3n) is 4.78. The number of nitrogens with zero attached hydrogens (tertiary/aromatic N) is 4. The molecule has 33 heavy (non-hydrogen) atoms. The van der Waals surface area contributed by atoms with Gasteiger partial charge in [-0.3, -0.25) is 14.9 Å². The molecule has 3 aromatic rings. The fourth-order valence-electron chi connectivity index (χ4n) is 3.03. The molecule has 0 fully saturated rings. The molecule has 0 unspecified atom stereocenters. The minimum atomic E-state index is -1.26. The lowest BCUT2D eigenvalue weighted by atomic mass is 10.2. The van der Waals surface area contributed by atoms with E-state index in [-0.39, 0.29) is 11.3 Å². The van der Waals surface area contributed by atoms with Crippen LogP contribution in [0.15, 0.2) is 50.8 Å². The number of benzene rings is 2. The maximum atomic E-state index is 13.1. The second-order valence-corrected chi connectivity index (χ2v) is 8.15. The number of fused-ring (bicyclic) bond motifs is 1. The maximum Gasteiger partial charge on any atom is 0.344 e. The van der Waals surface area contributed by atoms with Crippen molar-refractivity contribution in [2.45, 2.75) is 39.2 Å². The number of aryl methyl sites for hydroxylation is 1. The summed E-state index contributed by atoms with van der Waals surface area (Å²) in [6, 6.07) is 9.22. The Kier molecular flexibility index (Phi) is 7.54. The summed E-state index contributed by atoms with van der Waals surface area (Å²) < 4.78 is 7.10. The molecule has 3 rings (SSSR count). The van der Waals surface area contributed by atoms with Crippen molar-refractivity contribution < 1.29 is 19.6 Å². The largest absolute Gasteiger partial charge is 0.479 e. The van der Waals surface area contributed by atoms with E-state index in [9.17, 15) is 19.7 Å². The van der Waals surface area contributed by atoms with E-state index in [4.69, 9.17) is 9.84 Å². The molecule has 0 saturated heterocycles. The molecule has 172 valence electrons. The van der Waals surface area contributed by atoms with Crippen molar-refractivity contribution in [1.29, 1.82) is 0 Å². The summed E-state index contributed by atoms with van der Waals surface area (Å²) in [6.45, 7) is 3.30. The molecule has 1 N–H and O–H groups in total. The number of aromatic nitrogens is 2. The molecule has 0 spiro atoms. The molecule has 10 nitrogen and oxygen atoms in total. The Labute approximate surface area is 196 Å². The minimum Gasteiger partial charge on any atom is -0.479 e. The van der Waals surface area contributed by atoms with Crippen molar-refractivity contribution in [3.8, 4) is 5.75 Å². The molecule has 0 aliphatic heterocycles. The smallest absolute Gasteiger partial charge is 0.344 e. The number of carboxylic acid groups (broad SMARTS) is 1. The van der Waals surface area contributed by atoms with Crippen LogP contribution in [0, 0.1) is 10.1 Å². The Bertz CT molecular complexity index is 1300. The Morgan fingerprint density at radius 1 is 1.36 bits per heavy atom. The zero-order chi connectivity index (χ0) is 24.1. The van der Waals surface area contributed by atoms with Crippen LogP contribution in [0.5, 0.6) is 5.75 Å². The van der Waals surface area contributed by atoms with E-state index >= 15 is 0 Å². The topological polar surface area (TPSA) is 137 Å². The molecule has 1 heterocycles. The molecule has 11 heteroatoms. The number of hydrogen-bond donors (Lipinski definition) is 1. The van der Waals surface area contributed by atoms with Crippen LogP contribution in [0.25, 0.3) is 10.9 Å². The molecule has 0 radical (unpaired) electrons. The molecule has 0 saturated carbocycles. The number of aliphatic carboxylic acids is 1. The van der Waals surface area contributed by atoms with Gasteiger partial charge < -0.3 is 9.84 Å². The number of carbonyl (C=O) groups is 1. The van der Waals surface area contributed by atoms with E-state index < -0.39 is 22.7 Å². The normalized spacial score (nSPS) is 12.2. The fourth-order valence-corrected chi connectivity index (χ4v) is 3.39. The molecule has 2 aromatic carbocycles. The predicted molar refractivity (Wildman–Crippen MR) is 126 cm³/mol. The number of nitro benzene ring substituents is 1. The van der Waals surface area contributed by atoms with Gasteiger partial charge in [-0.1, -0.05) is 29.3 Å². The van der Waals surface area contributed by atoms with Crippen LogP contribution in [0.3, 0.4) is 0 Å². The van der Waals surface area contributed by atoms with Crippen LogP contribution in [0.4, 0.5) is 5.69 Å². The highest BCUT2D eigenvalue weighted by atomic mass is 79.9. The zero-order valence-corrected chi connectivity index (χ0v) is 19.5. The SMILES string of the molecule is CCCCc1nc2ccc(Br)cc2c(=O)n1N=Cc1ccc(O[C@H](C)C(=O)O)c([N+](=O)[O-])c1. The Morgan fingerprint density at radius 2 is 2.12 bits per heavy atom. The maximum absolute atomic E-state index is 13.1. The van der Waals surface area contributed by atoms with Gasteiger partial charge in [-0.15, -0.1) is 0 Å². The first kappa shape index (κ1) is 24.1. The highest BCUT2D eigenvalue weighted by Crippen LogP contribution is 2.28. The summed E-state index contributed by atoms with van der Waals surface area (Å²) in [7, 11) is 0. The summed E-state index contributed by atoms with van der Waals surface area (Å²) in [6.07, 6.45) is 2.31. The monoisotopic (exact) mass is 516 g/mol. The second kappa shape index (κ2) is 10.3. The molecule has 0 aliphatic rings. The van der Waals surface area contributed by atoms with Gasteiger partial charge >= 0.3 is 11.7 Å². The number of rotatable bonds is 9. The van der Waals surface area contributed by atoms with Crippen molar-refractivity contribution >= 4 is 44.7 Å². The number of ether oxygens (including phenoxy) is 1. The van der Waals surface area contributed by atoms with Crippen LogP contribution in [-0.4, -0.2) is 38.0 Å². The van der Waals surface area contributed by atoms with Crippen LogP contribution >= 0.6 is 15.9 Å². The minimum absolute atomic E-state index is 0.176. The van der Waals surface area contributed by atoms with E-state index in [0.717, 1.165) is 17.3 Å². The van der Waals surface area contributed by atoms with Gasteiger partial charge in [0.1, 0.15) is 5.82 Å². The van der Waals surface area contributed by atoms with Crippen LogP contribution < -0.4 is 10.3 Å². The number of nitro groups is 1. The van der Waals surface area contributed by atoms with Gasteiger partial charge in [0.05, 0.1) is 22.0 Å². The quantitative estimate of drug-likeness (QED) is 0.256. The van der Waals surface area contributed by atoms with Crippen molar-refractivity contribution in [2.24, 2.45) is 5.10 Å². The van der Waals surface area contributed by atoms with Gasteiger partial charge in [-0.2, -0.15) is 9.78 Å². The summed E-state index contributed by atoms with van der Waals surface area (Å²) in [5, 5.41) is 25.1. The lowest BCUT2D eigenvalue weighted by Crippen LogP contribution is -2.23. The third-order valence-corrected chi connectivity index (χ3v) is 5.28. The number of halogens is 1. The molecule has 0 amide bonds. The Morgan fingerprint density at radius 3 is 2.79 bits per heavy atom. The second-order valence-electron chi connectivity index (χ2n) is 7.24. The van der Waals surface area contributed by atoms with Crippen molar-refractivity contribution in [2.75, 3.05) is 0 Å². The highest BCUT2D eigenvalue weighted by Gasteiger charge is 2.21. The number of carboxylic acids is 1. The highest BCUT2D eigenvalue weighted by molar-refractivity contribution is 9.10. The lowest BCUT2D eigenvalue weighted by Gasteiger charge is -2.11. The molecule has 0 aliphatic carbocycles. The van der Waals surface area contributed by atoms with Gasteiger partial charge in [0.15, 0.2) is 11.9 Å². The molecule has 1 atom stereocenters. The first-order valence-corrected chi connectivity index (χ1v) is 10.9. The fraction of sp³-hybridized carbons (Fsp3) is 0.273. The van der Waals surface area contributed by atoms with Crippen LogP contribution in [0.1, 0.15) is 38.1 Å². The zero-order valence-electron chi connectivity index (χ0n) is 17.9. The van der Waals surface area contributed by atoms with Crippen LogP contribution in [0.2, 0.25) is 0 Å². The van der Waals surface area contributed by atoms with E-state index in [2.05, 4.69) is 26.0 Å². The molecule has 0 bridgehead atoms. The van der Waals surface area contributed by atoms with Gasteiger partial charge in [0, 0.05) is 22.5 Å². The van der Waals surface area contributed by atoms with Crippen molar-refractivity contribution in [1.82, 2.24) is 9.66 Å². The summed E-state index contributed by atoms with van der Waals surface area (Å²) in [4.78, 5) is 39.5. The first-order valence-electron chi connectivity index (χ1n) is 10.1. The van der Waals surface area contributed by atoms with Gasteiger partial charge in [0.2, 0.25) is 0 Å². The first-order chi connectivity index (χ1) is 15.7. The molecule has 1 aromatic heterocycles. The summed E-state index contributed by atoms with van der Waals surface area (Å²) in [5.41, 5.74) is 0.129. The van der Waals surface area contributed by atoms with Crippen LogP contribution in [-0.2, 0) is 11.2 Å². The summed E-state index contributed by atoms with van der Waals surface area (Å²) in [5.74, 6) is -0.938. The van der Waals surface area contributed by atoms with Gasteiger partial charge in [-0.25, -0.2) is 9.78 Å². The van der Waals surface area contributed by atoms with Gasteiger partial charge in [0.25, 0.3) is 5.56 Å². The van der Waals surface area contributed by atoms with E-state index in [0.29, 0.717) is 28.7 Å². The predicted octanol–water partition coefficient (Wildman–Crippen LogP) is 4.14. The summed E-state index contributed by atoms with van der Waals surface area (Å²) >= 11 is 3.35. The van der Waals surface area contributed by atoms with Crippen molar-refractivity contribution in [3.63, 3.8) is 0 Å². The van der Waals surface area contributed by atoms with Crippen molar-refractivity contribution in [3.05, 3.63) is 72.7 Å². The van der Waals surface area contributed by atoms with Gasteiger partial charge in [-0.05, 0) is 43.7 Å². The van der Waals surface area contributed by atoms with E-state index in [1.165, 1.54) is 36.0 Å². The average molecular weight is 517 g/mol. The number of hydrogen-bond acceptors (Lipinski definition) is 7. The standard InChI is InChI=1S/C22H21BrN4O6/c1-3-4-5-20-25-17-8-7-15(23)11-16(17)21(28)26(20)24-12-14-6-9-19(18(10-14)27(31)32)33-13(2)22(29)30/h6-13H,3-5H2,1-2H3,(H,29,30)/t13-/m1/s1. The molecular formula is C22H21BrN4O6.